The van der Waals surface area contributed by atoms with Gasteiger partial charge in [-0.1, -0.05) is 6.42 Å². The summed E-state index contributed by atoms with van der Waals surface area (Å²) < 4.78 is 0. The highest BCUT2D eigenvalue weighted by molar-refractivity contribution is 5.79. The van der Waals surface area contributed by atoms with E-state index in [1.54, 1.807) is 0 Å². The average molecular weight is 185 g/mol. The molecule has 0 aromatic heterocycles. The minimum Gasteiger partial charge on any atom is -0.368 e. The van der Waals surface area contributed by atoms with Crippen molar-refractivity contribution < 1.29 is 4.79 Å². The van der Waals surface area contributed by atoms with Gasteiger partial charge >= 0.3 is 0 Å². The Kier molecular flexibility index (Phi) is 3.69. The standard InChI is InChI=1S/C9H19N3O/c1-12(7-3-2-4-7)6-5-8(10)9(11)13/h7-8H,2-6,10H2,1H3,(H2,11,13). The molecule has 4 N–H and O–H groups in total. The van der Waals surface area contributed by atoms with Crippen LogP contribution in [0.5, 0.6) is 0 Å². The Morgan fingerprint density at radius 2 is 2.23 bits per heavy atom. The van der Waals surface area contributed by atoms with Gasteiger partial charge in [0.25, 0.3) is 0 Å². The lowest BCUT2D eigenvalue weighted by atomic mass is 9.91. The molecule has 1 aliphatic carbocycles. The van der Waals surface area contributed by atoms with Crippen LogP contribution in [0.1, 0.15) is 25.7 Å². The summed E-state index contributed by atoms with van der Waals surface area (Å²) in [5.41, 5.74) is 10.6. The molecule has 0 heterocycles. The highest BCUT2D eigenvalue weighted by atomic mass is 16.1. The molecule has 0 saturated heterocycles. The van der Waals surface area contributed by atoms with Crippen molar-refractivity contribution in [2.45, 2.75) is 37.8 Å². The largest absolute Gasteiger partial charge is 0.368 e. The van der Waals surface area contributed by atoms with E-state index in [1.165, 1.54) is 19.3 Å². The Bertz CT molecular complexity index is 180. The molecule has 1 atom stereocenters. The highest BCUT2D eigenvalue weighted by Gasteiger charge is 2.22. The van der Waals surface area contributed by atoms with Gasteiger partial charge in [-0.2, -0.15) is 0 Å². The van der Waals surface area contributed by atoms with Crippen molar-refractivity contribution in [2.75, 3.05) is 13.6 Å². The lowest BCUT2D eigenvalue weighted by Crippen LogP contribution is -2.42. The van der Waals surface area contributed by atoms with Gasteiger partial charge in [-0.15, -0.1) is 0 Å². The first-order valence-corrected chi connectivity index (χ1v) is 4.86. The topological polar surface area (TPSA) is 72.3 Å². The van der Waals surface area contributed by atoms with E-state index in [9.17, 15) is 4.79 Å². The van der Waals surface area contributed by atoms with E-state index in [0.717, 1.165) is 6.54 Å². The van der Waals surface area contributed by atoms with Crippen molar-refractivity contribution in [3.63, 3.8) is 0 Å². The molecule has 0 aliphatic heterocycles. The fraction of sp³-hybridized carbons (Fsp3) is 0.889. The number of rotatable bonds is 5. The van der Waals surface area contributed by atoms with Crippen molar-refractivity contribution in [3.8, 4) is 0 Å². The summed E-state index contributed by atoms with van der Waals surface area (Å²) >= 11 is 0. The Labute approximate surface area is 79.3 Å². The summed E-state index contributed by atoms with van der Waals surface area (Å²) in [5.74, 6) is -0.401. The number of nitrogens with zero attached hydrogens (tertiary/aromatic N) is 1. The molecule has 0 aromatic rings. The normalized spacial score (nSPS) is 19.9. The third-order valence-corrected chi connectivity index (χ3v) is 2.86. The van der Waals surface area contributed by atoms with Gasteiger partial charge in [0.1, 0.15) is 0 Å². The summed E-state index contributed by atoms with van der Waals surface area (Å²) in [6, 6.07) is 0.225. The first-order chi connectivity index (χ1) is 6.11. The van der Waals surface area contributed by atoms with Crippen molar-refractivity contribution in [3.05, 3.63) is 0 Å². The third-order valence-electron chi connectivity index (χ3n) is 2.86. The number of hydrogen-bond donors (Lipinski definition) is 2. The highest BCUT2D eigenvalue weighted by Crippen LogP contribution is 2.23. The zero-order chi connectivity index (χ0) is 9.84. The van der Waals surface area contributed by atoms with Gasteiger partial charge in [-0.25, -0.2) is 0 Å². The van der Waals surface area contributed by atoms with Crippen LogP contribution in [0.25, 0.3) is 0 Å². The van der Waals surface area contributed by atoms with Crippen LogP contribution in [0, 0.1) is 0 Å². The molecule has 4 heteroatoms. The molecular weight excluding hydrogens is 166 g/mol. The number of amides is 1. The van der Waals surface area contributed by atoms with Gasteiger partial charge in [-0.05, 0) is 26.3 Å². The molecule has 0 spiro atoms. The Balaban J connectivity index is 2.13. The molecule has 1 aliphatic rings. The van der Waals surface area contributed by atoms with Gasteiger partial charge in [0.15, 0.2) is 0 Å². The summed E-state index contributed by atoms with van der Waals surface area (Å²) in [5, 5.41) is 0. The number of hydrogen-bond acceptors (Lipinski definition) is 3. The second-order valence-electron chi connectivity index (χ2n) is 3.86. The fourth-order valence-electron chi connectivity index (χ4n) is 1.50. The molecule has 0 bridgehead atoms. The van der Waals surface area contributed by atoms with E-state index >= 15 is 0 Å². The Morgan fingerprint density at radius 1 is 1.62 bits per heavy atom. The molecule has 1 amide bonds. The summed E-state index contributed by atoms with van der Waals surface area (Å²) in [7, 11) is 2.08. The molecule has 1 fully saturated rings. The smallest absolute Gasteiger partial charge is 0.234 e. The van der Waals surface area contributed by atoms with E-state index in [0.29, 0.717) is 12.5 Å². The maximum Gasteiger partial charge on any atom is 0.234 e. The van der Waals surface area contributed by atoms with Crippen LogP contribution in [0.3, 0.4) is 0 Å². The molecule has 0 aromatic carbocycles. The van der Waals surface area contributed by atoms with Gasteiger partial charge in [0.2, 0.25) is 5.91 Å². The van der Waals surface area contributed by atoms with Crippen LogP contribution >= 0.6 is 0 Å². The van der Waals surface area contributed by atoms with Crippen molar-refractivity contribution in [1.29, 1.82) is 0 Å². The summed E-state index contributed by atoms with van der Waals surface area (Å²) in [6.07, 6.45) is 4.56. The predicted molar refractivity (Wildman–Crippen MR) is 52.1 cm³/mol. The Hall–Kier alpha value is -0.610. The van der Waals surface area contributed by atoms with E-state index in [1.807, 2.05) is 0 Å². The number of primary amides is 1. The van der Waals surface area contributed by atoms with Crippen molar-refractivity contribution in [1.82, 2.24) is 4.90 Å². The van der Waals surface area contributed by atoms with Crippen LogP contribution in [-0.4, -0.2) is 36.5 Å². The predicted octanol–water partition coefficient (Wildman–Crippen LogP) is -0.327. The van der Waals surface area contributed by atoms with Crippen molar-refractivity contribution in [2.24, 2.45) is 11.5 Å². The summed E-state index contributed by atoms with van der Waals surface area (Å²) in [6.45, 7) is 0.870. The third kappa shape index (κ3) is 2.97. The molecular formula is C9H19N3O. The number of nitrogens with two attached hydrogens (primary N) is 2. The molecule has 1 unspecified atom stereocenters. The zero-order valence-electron chi connectivity index (χ0n) is 8.20. The first kappa shape index (κ1) is 10.5. The minimum absolute atomic E-state index is 0.401. The van der Waals surface area contributed by atoms with E-state index in [-0.39, 0.29) is 0 Å². The molecule has 1 rings (SSSR count). The van der Waals surface area contributed by atoms with Crippen molar-refractivity contribution >= 4 is 5.91 Å². The molecule has 76 valence electrons. The summed E-state index contributed by atoms with van der Waals surface area (Å²) in [4.78, 5) is 12.9. The molecule has 4 nitrogen and oxygen atoms in total. The fourth-order valence-corrected chi connectivity index (χ4v) is 1.50. The number of carbonyl (C=O) groups is 1. The SMILES string of the molecule is CN(CCC(N)C(N)=O)C1CCC1. The maximum absolute atomic E-state index is 10.6. The quantitative estimate of drug-likeness (QED) is 0.616. The second kappa shape index (κ2) is 4.58. The first-order valence-electron chi connectivity index (χ1n) is 4.86. The minimum atomic E-state index is -0.484. The molecule has 13 heavy (non-hydrogen) atoms. The Morgan fingerprint density at radius 3 is 2.62 bits per heavy atom. The van der Waals surface area contributed by atoms with Crippen LogP contribution in [0.4, 0.5) is 0 Å². The molecule has 1 saturated carbocycles. The van der Waals surface area contributed by atoms with E-state index < -0.39 is 11.9 Å². The van der Waals surface area contributed by atoms with E-state index in [4.69, 9.17) is 11.5 Å². The monoisotopic (exact) mass is 185 g/mol. The van der Waals surface area contributed by atoms with Crippen LogP contribution in [-0.2, 0) is 4.79 Å². The van der Waals surface area contributed by atoms with E-state index in [2.05, 4.69) is 11.9 Å². The van der Waals surface area contributed by atoms with Gasteiger partial charge in [0.05, 0.1) is 6.04 Å². The zero-order valence-corrected chi connectivity index (χ0v) is 8.20. The van der Waals surface area contributed by atoms with Crippen LogP contribution in [0.15, 0.2) is 0 Å². The maximum atomic E-state index is 10.6. The molecule has 0 radical (unpaired) electrons. The number of carbonyl (C=O) groups excluding carboxylic acids is 1. The van der Waals surface area contributed by atoms with Crippen LogP contribution in [0.2, 0.25) is 0 Å². The van der Waals surface area contributed by atoms with Gasteiger partial charge in [-0.3, -0.25) is 4.79 Å². The van der Waals surface area contributed by atoms with Gasteiger partial charge < -0.3 is 16.4 Å². The second-order valence-corrected chi connectivity index (χ2v) is 3.86. The van der Waals surface area contributed by atoms with Gasteiger partial charge in [0, 0.05) is 12.6 Å². The average Bonchev–Trinajstić information content (AvgIpc) is 1.96. The lowest BCUT2D eigenvalue weighted by Gasteiger charge is -2.35. The lowest BCUT2D eigenvalue weighted by molar-refractivity contribution is -0.119. The van der Waals surface area contributed by atoms with Crippen LogP contribution < -0.4 is 11.5 Å².